The Hall–Kier alpha value is -3.27. The summed E-state index contributed by atoms with van der Waals surface area (Å²) in [6.45, 7) is 0.688. The number of ether oxygens (including phenoxy) is 3. The van der Waals surface area contributed by atoms with Gasteiger partial charge in [0.2, 0.25) is 0 Å². The molecule has 1 aromatic heterocycles. The third-order valence-corrected chi connectivity index (χ3v) is 8.14. The first kappa shape index (κ1) is 24.1. The number of carboxylic acids is 1. The molecule has 2 saturated heterocycles. The highest BCUT2D eigenvalue weighted by Crippen LogP contribution is 2.49. The van der Waals surface area contributed by atoms with Crippen LogP contribution in [0.5, 0.6) is 0 Å². The number of carbonyl (C=O) groups excluding carboxylic acids is 1. The lowest BCUT2D eigenvalue weighted by Gasteiger charge is -2.46. The van der Waals surface area contributed by atoms with Crippen molar-refractivity contribution in [1.82, 2.24) is 9.88 Å². The summed E-state index contributed by atoms with van der Waals surface area (Å²) in [7, 11) is 0. The van der Waals surface area contributed by atoms with Crippen molar-refractivity contribution < 1.29 is 28.9 Å². The van der Waals surface area contributed by atoms with E-state index in [9.17, 15) is 14.7 Å². The average Bonchev–Trinajstić information content (AvgIpc) is 3.43. The fourth-order valence-corrected chi connectivity index (χ4v) is 6.46. The number of rotatable bonds is 6. The molecule has 1 aliphatic carbocycles. The number of halogens is 1. The number of pyridine rings is 1. The Labute approximate surface area is 222 Å². The van der Waals surface area contributed by atoms with Gasteiger partial charge in [-0.15, -0.1) is 0 Å². The summed E-state index contributed by atoms with van der Waals surface area (Å²) in [5.41, 5.74) is 3.90. The van der Waals surface area contributed by atoms with Crippen LogP contribution >= 0.6 is 15.9 Å². The maximum absolute atomic E-state index is 13.0. The smallest absolute Gasteiger partial charge is 0.409 e. The van der Waals surface area contributed by atoms with Gasteiger partial charge in [0.25, 0.3) is 0 Å². The number of benzene rings is 2. The molecule has 3 aliphatic rings. The lowest BCUT2D eigenvalue weighted by atomic mass is 9.81. The van der Waals surface area contributed by atoms with Crippen LogP contribution in [0.15, 0.2) is 71.5 Å². The van der Waals surface area contributed by atoms with Crippen LogP contribution in [-0.2, 0) is 24.6 Å². The van der Waals surface area contributed by atoms with Crippen molar-refractivity contribution in [2.45, 2.75) is 23.5 Å². The van der Waals surface area contributed by atoms with Gasteiger partial charge >= 0.3 is 12.1 Å². The average molecular weight is 565 g/mol. The molecule has 2 fully saturated rings. The van der Waals surface area contributed by atoms with Crippen LogP contribution in [0.1, 0.15) is 29.0 Å². The second-order valence-corrected chi connectivity index (χ2v) is 10.7. The quantitative estimate of drug-likeness (QED) is 0.468. The molecule has 9 heteroatoms. The second-order valence-electron chi connectivity index (χ2n) is 9.84. The molecule has 3 aromatic rings. The summed E-state index contributed by atoms with van der Waals surface area (Å²) in [4.78, 5) is 30.0. The molecule has 0 radical (unpaired) electrons. The van der Waals surface area contributed by atoms with E-state index in [0.29, 0.717) is 24.0 Å². The summed E-state index contributed by atoms with van der Waals surface area (Å²) in [6.07, 6.45) is 3.32. The minimum Gasteiger partial charge on any atom is -0.480 e. The van der Waals surface area contributed by atoms with Crippen molar-refractivity contribution in [1.29, 1.82) is 0 Å². The molecule has 0 saturated carbocycles. The molecule has 3 heterocycles. The van der Waals surface area contributed by atoms with E-state index in [4.69, 9.17) is 14.2 Å². The lowest BCUT2D eigenvalue weighted by Crippen LogP contribution is -2.63. The number of carboxylic acid groups (broad SMARTS) is 1. The molecule has 0 bridgehead atoms. The van der Waals surface area contributed by atoms with Crippen LogP contribution in [0.25, 0.3) is 11.1 Å². The van der Waals surface area contributed by atoms with Gasteiger partial charge in [-0.2, -0.15) is 0 Å². The van der Waals surface area contributed by atoms with Gasteiger partial charge in [-0.25, -0.2) is 9.59 Å². The Morgan fingerprint density at radius 1 is 1.08 bits per heavy atom. The maximum Gasteiger partial charge on any atom is 0.409 e. The first-order valence-corrected chi connectivity index (χ1v) is 12.9. The Morgan fingerprint density at radius 2 is 1.76 bits per heavy atom. The molecule has 6 rings (SSSR count). The van der Waals surface area contributed by atoms with Gasteiger partial charge in [0.15, 0.2) is 0 Å². The molecule has 37 heavy (non-hydrogen) atoms. The number of nitrogens with zero attached hydrogens (tertiary/aromatic N) is 2. The molecule has 2 aliphatic heterocycles. The number of hydrogen-bond donors (Lipinski definition) is 1. The Morgan fingerprint density at radius 3 is 2.41 bits per heavy atom. The number of amides is 1. The second kappa shape index (κ2) is 9.24. The number of aromatic nitrogens is 1. The normalized spacial score (nSPS) is 21.4. The highest BCUT2D eigenvalue weighted by molar-refractivity contribution is 9.10. The molecule has 8 nitrogen and oxygen atoms in total. The van der Waals surface area contributed by atoms with Crippen molar-refractivity contribution in [3.05, 3.63) is 88.2 Å². The van der Waals surface area contributed by atoms with Crippen molar-refractivity contribution >= 4 is 28.0 Å². The summed E-state index contributed by atoms with van der Waals surface area (Å²) in [5.74, 6) is -1.06. The van der Waals surface area contributed by atoms with Crippen LogP contribution in [-0.4, -0.2) is 65.6 Å². The van der Waals surface area contributed by atoms with Gasteiger partial charge in [-0.3, -0.25) is 4.98 Å². The Balaban J connectivity index is 1.12. The van der Waals surface area contributed by atoms with E-state index in [1.54, 1.807) is 23.4 Å². The zero-order chi connectivity index (χ0) is 25.6. The number of likely N-dealkylation sites (tertiary alicyclic amines) is 1. The van der Waals surface area contributed by atoms with Gasteiger partial charge in [-0.05, 0) is 44.3 Å². The predicted octanol–water partition coefficient (Wildman–Crippen LogP) is 4.56. The number of fused-ring (bicyclic) bond motifs is 3. The zero-order valence-corrected chi connectivity index (χ0v) is 21.5. The van der Waals surface area contributed by atoms with Crippen LogP contribution < -0.4 is 0 Å². The zero-order valence-electron chi connectivity index (χ0n) is 19.9. The molecule has 190 valence electrons. The monoisotopic (exact) mass is 564 g/mol. The number of aliphatic carboxylic acids is 1. The maximum atomic E-state index is 13.0. The molecule has 1 N–H and O–H groups in total. The first-order chi connectivity index (χ1) is 17.9. The van der Waals surface area contributed by atoms with E-state index < -0.39 is 23.8 Å². The first-order valence-electron chi connectivity index (χ1n) is 12.1. The fraction of sp³-hybridized carbons (Fsp3) is 0.321. The van der Waals surface area contributed by atoms with Crippen molar-refractivity contribution in [2.24, 2.45) is 0 Å². The fourth-order valence-electron chi connectivity index (χ4n) is 5.85. The van der Waals surface area contributed by atoms with Crippen LogP contribution in [0.3, 0.4) is 0 Å². The van der Waals surface area contributed by atoms with Crippen molar-refractivity contribution in [3.63, 3.8) is 0 Å². The molecular weight excluding hydrogens is 540 g/mol. The molecule has 1 atom stereocenters. The van der Waals surface area contributed by atoms with Gasteiger partial charge in [0.1, 0.15) is 24.4 Å². The van der Waals surface area contributed by atoms with Crippen LogP contribution in [0.2, 0.25) is 0 Å². The molecule has 1 spiro atoms. The topological polar surface area (TPSA) is 98.2 Å². The van der Waals surface area contributed by atoms with E-state index in [1.807, 2.05) is 24.3 Å². The van der Waals surface area contributed by atoms with Crippen LogP contribution in [0.4, 0.5) is 4.79 Å². The summed E-state index contributed by atoms with van der Waals surface area (Å²) >= 11 is 3.51. The van der Waals surface area contributed by atoms with Crippen molar-refractivity contribution in [3.8, 4) is 11.1 Å². The third-order valence-electron chi connectivity index (χ3n) is 7.51. The summed E-state index contributed by atoms with van der Waals surface area (Å²) in [5, 5.41) is 9.23. The predicted molar refractivity (Wildman–Crippen MR) is 137 cm³/mol. The van der Waals surface area contributed by atoms with E-state index in [1.165, 1.54) is 22.3 Å². The minimum atomic E-state index is -1.06. The third kappa shape index (κ3) is 4.21. The van der Waals surface area contributed by atoms with Gasteiger partial charge in [0, 0.05) is 34.8 Å². The Bertz CT molecular complexity index is 1330. The van der Waals surface area contributed by atoms with Gasteiger partial charge in [0.05, 0.1) is 19.7 Å². The van der Waals surface area contributed by atoms with E-state index in [-0.39, 0.29) is 25.2 Å². The van der Waals surface area contributed by atoms with E-state index >= 15 is 0 Å². The number of carbonyl (C=O) groups is 2. The standard InChI is InChI=1S/C28H25BrN2O6/c29-24-11-30-10-9-23(24)28(36-13-25(32)33)14-27(37-17-28)15-31(16-27)26(34)35-12-22-20-7-3-1-5-18(20)19-6-2-4-8-21(19)22/h1-11,22H,12-17H2,(H,32,33). The highest BCUT2D eigenvalue weighted by Gasteiger charge is 2.59. The molecule has 2 aromatic carbocycles. The largest absolute Gasteiger partial charge is 0.480 e. The van der Waals surface area contributed by atoms with E-state index in [0.717, 1.165) is 5.56 Å². The van der Waals surface area contributed by atoms with Gasteiger partial charge < -0.3 is 24.2 Å². The molecule has 1 amide bonds. The highest BCUT2D eigenvalue weighted by atomic mass is 79.9. The molecular formula is C28H25BrN2O6. The summed E-state index contributed by atoms with van der Waals surface area (Å²) < 4.78 is 18.6. The Kier molecular flexibility index (Phi) is 6.01. The molecule has 1 unspecified atom stereocenters. The minimum absolute atomic E-state index is 0.00424. The number of hydrogen-bond acceptors (Lipinski definition) is 6. The van der Waals surface area contributed by atoms with Crippen LogP contribution in [0, 0.1) is 0 Å². The van der Waals surface area contributed by atoms with E-state index in [2.05, 4.69) is 45.2 Å². The SMILES string of the molecule is O=C(O)COC1(c2ccncc2Br)COC2(CN(C(=O)OCC3c4ccccc4-c4ccccc43)C2)C1. The van der Waals surface area contributed by atoms with Crippen molar-refractivity contribution in [2.75, 3.05) is 32.9 Å². The summed E-state index contributed by atoms with van der Waals surface area (Å²) in [6, 6.07) is 18.3. The lowest BCUT2D eigenvalue weighted by molar-refractivity contribution is -0.150. The van der Waals surface area contributed by atoms with Gasteiger partial charge in [-0.1, -0.05) is 48.5 Å².